The zero-order chi connectivity index (χ0) is 15.4. The molecule has 0 aliphatic heterocycles. The average molecular weight is 343 g/mol. The molecule has 2 nitrogen and oxygen atoms in total. The Labute approximate surface area is 139 Å². The number of hydrogen-bond donors (Lipinski definition) is 1. The standard InChI is InChI=1S/C16H14Cl3NO/c1-10-2-5-12(9-14(10)18)20-16(21)7-4-11-3-6-13(17)15(19)8-11/h2-3,5-6,8-9H,4,7H2,1H3,(H,20,21). The average Bonchev–Trinajstić information content (AvgIpc) is 2.44. The van der Waals surface area contributed by atoms with Crippen molar-refractivity contribution in [2.45, 2.75) is 19.8 Å². The first kappa shape index (κ1) is 16.2. The summed E-state index contributed by atoms with van der Waals surface area (Å²) < 4.78 is 0. The Hall–Kier alpha value is -1.22. The Kier molecular flexibility index (Phi) is 5.51. The molecule has 0 radical (unpaired) electrons. The smallest absolute Gasteiger partial charge is 0.224 e. The van der Waals surface area contributed by atoms with Gasteiger partial charge in [-0.05, 0) is 48.7 Å². The second-order valence-electron chi connectivity index (χ2n) is 4.76. The van der Waals surface area contributed by atoms with Gasteiger partial charge in [-0.25, -0.2) is 0 Å². The number of rotatable bonds is 4. The van der Waals surface area contributed by atoms with Gasteiger partial charge in [0.25, 0.3) is 0 Å². The fraction of sp³-hybridized carbons (Fsp3) is 0.188. The first-order valence-corrected chi connectivity index (χ1v) is 7.59. The SMILES string of the molecule is Cc1ccc(NC(=O)CCc2ccc(Cl)c(Cl)c2)cc1Cl. The summed E-state index contributed by atoms with van der Waals surface area (Å²) in [4.78, 5) is 11.9. The largest absolute Gasteiger partial charge is 0.326 e. The normalized spacial score (nSPS) is 10.5. The highest BCUT2D eigenvalue weighted by molar-refractivity contribution is 6.42. The van der Waals surface area contributed by atoms with Crippen LogP contribution in [0.15, 0.2) is 36.4 Å². The van der Waals surface area contributed by atoms with Gasteiger partial charge < -0.3 is 5.32 Å². The molecule has 0 fully saturated rings. The predicted molar refractivity (Wildman–Crippen MR) is 89.6 cm³/mol. The zero-order valence-electron chi connectivity index (χ0n) is 11.4. The van der Waals surface area contributed by atoms with Gasteiger partial charge in [0.1, 0.15) is 0 Å². The second-order valence-corrected chi connectivity index (χ2v) is 5.98. The van der Waals surface area contributed by atoms with Crippen LogP contribution in [0.3, 0.4) is 0 Å². The molecule has 2 aromatic carbocycles. The van der Waals surface area contributed by atoms with Crippen LogP contribution in [0.1, 0.15) is 17.5 Å². The first-order valence-electron chi connectivity index (χ1n) is 6.45. The van der Waals surface area contributed by atoms with E-state index >= 15 is 0 Å². The van der Waals surface area contributed by atoms with Crippen molar-refractivity contribution in [3.05, 3.63) is 62.6 Å². The summed E-state index contributed by atoms with van der Waals surface area (Å²) in [5, 5.41) is 4.47. The van der Waals surface area contributed by atoms with Gasteiger partial charge in [-0.2, -0.15) is 0 Å². The van der Waals surface area contributed by atoms with E-state index in [9.17, 15) is 4.79 Å². The van der Waals surface area contributed by atoms with Crippen molar-refractivity contribution in [3.8, 4) is 0 Å². The topological polar surface area (TPSA) is 29.1 Å². The van der Waals surface area contributed by atoms with Crippen molar-refractivity contribution < 1.29 is 4.79 Å². The van der Waals surface area contributed by atoms with Crippen LogP contribution < -0.4 is 5.32 Å². The first-order chi connectivity index (χ1) is 9.95. The maximum atomic E-state index is 11.9. The maximum absolute atomic E-state index is 11.9. The van der Waals surface area contributed by atoms with Gasteiger partial charge in [-0.1, -0.05) is 46.9 Å². The van der Waals surface area contributed by atoms with Gasteiger partial charge in [-0.3, -0.25) is 4.79 Å². The molecule has 110 valence electrons. The summed E-state index contributed by atoms with van der Waals surface area (Å²) in [6.45, 7) is 1.91. The van der Waals surface area contributed by atoms with Crippen molar-refractivity contribution in [1.82, 2.24) is 0 Å². The summed E-state index contributed by atoms with van der Waals surface area (Å²) >= 11 is 17.8. The van der Waals surface area contributed by atoms with Crippen LogP contribution in [0.4, 0.5) is 5.69 Å². The van der Waals surface area contributed by atoms with Crippen molar-refractivity contribution in [1.29, 1.82) is 0 Å². The van der Waals surface area contributed by atoms with Crippen LogP contribution in [0.5, 0.6) is 0 Å². The van der Waals surface area contributed by atoms with Crippen LogP contribution in [0.25, 0.3) is 0 Å². The van der Waals surface area contributed by atoms with E-state index in [1.54, 1.807) is 18.2 Å². The van der Waals surface area contributed by atoms with Gasteiger partial charge in [0, 0.05) is 17.1 Å². The number of nitrogens with one attached hydrogen (secondary N) is 1. The van der Waals surface area contributed by atoms with Gasteiger partial charge >= 0.3 is 0 Å². The molecule has 0 aromatic heterocycles. The summed E-state index contributed by atoms with van der Waals surface area (Å²) in [5.74, 6) is -0.0685. The summed E-state index contributed by atoms with van der Waals surface area (Å²) in [7, 11) is 0. The minimum Gasteiger partial charge on any atom is -0.326 e. The van der Waals surface area contributed by atoms with Crippen LogP contribution in [-0.2, 0) is 11.2 Å². The Morgan fingerprint density at radius 3 is 2.43 bits per heavy atom. The van der Waals surface area contributed by atoms with E-state index in [4.69, 9.17) is 34.8 Å². The number of halogens is 3. The molecule has 2 rings (SSSR count). The Morgan fingerprint density at radius 1 is 1.00 bits per heavy atom. The molecule has 2 aromatic rings. The third-order valence-corrected chi connectivity index (χ3v) is 4.23. The van der Waals surface area contributed by atoms with Crippen molar-refractivity contribution in [2.75, 3.05) is 5.32 Å². The summed E-state index contributed by atoms with van der Waals surface area (Å²) in [6.07, 6.45) is 0.964. The van der Waals surface area contributed by atoms with Crippen LogP contribution >= 0.6 is 34.8 Å². The van der Waals surface area contributed by atoms with Crippen LogP contribution in [0.2, 0.25) is 15.1 Å². The molecule has 0 bridgehead atoms. The Bertz CT molecular complexity index is 671. The number of benzene rings is 2. The lowest BCUT2D eigenvalue weighted by Gasteiger charge is -2.07. The number of hydrogen-bond acceptors (Lipinski definition) is 1. The highest BCUT2D eigenvalue weighted by atomic mass is 35.5. The van der Waals surface area contributed by atoms with E-state index in [0.717, 1.165) is 11.1 Å². The Balaban J connectivity index is 1.92. The number of aryl methyl sites for hydroxylation is 2. The lowest BCUT2D eigenvalue weighted by Crippen LogP contribution is -2.12. The molecule has 0 saturated carbocycles. The summed E-state index contributed by atoms with van der Waals surface area (Å²) in [5.41, 5.74) is 2.65. The minimum atomic E-state index is -0.0685. The van der Waals surface area contributed by atoms with Crippen molar-refractivity contribution >= 4 is 46.4 Å². The molecule has 1 amide bonds. The Morgan fingerprint density at radius 2 is 1.76 bits per heavy atom. The molecule has 0 heterocycles. The van der Waals surface area contributed by atoms with E-state index < -0.39 is 0 Å². The molecule has 0 spiro atoms. The number of amides is 1. The third-order valence-electron chi connectivity index (χ3n) is 3.08. The third kappa shape index (κ3) is 4.63. The number of anilines is 1. The molecule has 5 heteroatoms. The molecular formula is C16H14Cl3NO. The van der Waals surface area contributed by atoms with Crippen molar-refractivity contribution in [2.24, 2.45) is 0 Å². The zero-order valence-corrected chi connectivity index (χ0v) is 13.7. The van der Waals surface area contributed by atoms with E-state index in [-0.39, 0.29) is 5.91 Å². The van der Waals surface area contributed by atoms with Gasteiger partial charge in [0.15, 0.2) is 0 Å². The predicted octanol–water partition coefficient (Wildman–Crippen LogP) is 5.53. The lowest BCUT2D eigenvalue weighted by atomic mass is 10.1. The summed E-state index contributed by atoms with van der Waals surface area (Å²) in [6, 6.07) is 10.8. The maximum Gasteiger partial charge on any atom is 0.224 e. The monoisotopic (exact) mass is 341 g/mol. The number of carbonyl (C=O) groups excluding carboxylic acids is 1. The van der Waals surface area contributed by atoms with Gasteiger partial charge in [-0.15, -0.1) is 0 Å². The molecule has 1 N–H and O–H groups in total. The highest BCUT2D eigenvalue weighted by Crippen LogP contribution is 2.23. The fourth-order valence-corrected chi connectivity index (χ4v) is 2.35. The molecule has 0 saturated heterocycles. The van der Waals surface area contributed by atoms with Crippen molar-refractivity contribution in [3.63, 3.8) is 0 Å². The molecule has 21 heavy (non-hydrogen) atoms. The van der Waals surface area contributed by atoms with Gasteiger partial charge in [0.05, 0.1) is 10.0 Å². The van der Waals surface area contributed by atoms with Crippen LogP contribution in [-0.4, -0.2) is 5.91 Å². The van der Waals surface area contributed by atoms with E-state index in [2.05, 4.69) is 5.32 Å². The second kappa shape index (κ2) is 7.17. The fourth-order valence-electron chi connectivity index (χ4n) is 1.85. The highest BCUT2D eigenvalue weighted by Gasteiger charge is 2.06. The van der Waals surface area contributed by atoms with Gasteiger partial charge in [0.2, 0.25) is 5.91 Å². The minimum absolute atomic E-state index is 0.0685. The lowest BCUT2D eigenvalue weighted by molar-refractivity contribution is -0.116. The molecule has 0 unspecified atom stereocenters. The molecular weight excluding hydrogens is 329 g/mol. The van der Waals surface area contributed by atoms with E-state index in [0.29, 0.717) is 33.6 Å². The van der Waals surface area contributed by atoms with E-state index in [1.165, 1.54) is 0 Å². The quantitative estimate of drug-likeness (QED) is 0.778. The molecule has 0 aliphatic carbocycles. The molecule has 0 aliphatic rings. The van der Waals surface area contributed by atoms with Crippen LogP contribution in [0, 0.1) is 6.92 Å². The van der Waals surface area contributed by atoms with E-state index in [1.807, 2.05) is 25.1 Å². The molecule has 0 atom stereocenters. The number of carbonyl (C=O) groups is 1.